The third kappa shape index (κ3) is 5.85. The van der Waals surface area contributed by atoms with Crippen LogP contribution in [0.3, 0.4) is 0 Å². The highest BCUT2D eigenvalue weighted by atomic mass is 17.2. The molecule has 10 nitrogen and oxygen atoms in total. The molecule has 0 amide bonds. The van der Waals surface area contributed by atoms with Crippen molar-refractivity contribution in [2.24, 2.45) is 0 Å². The number of hydrogen-bond acceptors (Lipinski definition) is 10. The molecule has 1 fully saturated rings. The van der Waals surface area contributed by atoms with E-state index in [-0.39, 0.29) is 13.2 Å². The Labute approximate surface area is 141 Å². The van der Waals surface area contributed by atoms with Crippen LogP contribution in [0, 0.1) is 0 Å². The zero-order chi connectivity index (χ0) is 18.2. The fourth-order valence-corrected chi connectivity index (χ4v) is 2.62. The molecule has 0 radical (unpaired) electrons. The molecule has 0 saturated carbocycles. The summed E-state index contributed by atoms with van der Waals surface area (Å²) in [6, 6.07) is 0. The second-order valence-electron chi connectivity index (χ2n) is 5.50. The van der Waals surface area contributed by atoms with E-state index in [0.717, 1.165) is 0 Å². The van der Waals surface area contributed by atoms with Crippen LogP contribution in [-0.2, 0) is 43.5 Å². The van der Waals surface area contributed by atoms with Crippen molar-refractivity contribution in [1.82, 2.24) is 0 Å². The second kappa shape index (κ2) is 10.6. The van der Waals surface area contributed by atoms with Gasteiger partial charge in [-0.15, -0.1) is 0 Å². The van der Waals surface area contributed by atoms with Crippen molar-refractivity contribution in [3.63, 3.8) is 0 Å². The molecule has 1 aliphatic rings. The molecule has 0 aromatic carbocycles. The summed E-state index contributed by atoms with van der Waals surface area (Å²) in [7, 11) is 5.55. The highest BCUT2D eigenvalue weighted by Gasteiger charge is 2.50. The van der Waals surface area contributed by atoms with Crippen molar-refractivity contribution in [2.75, 3.05) is 41.7 Å². The summed E-state index contributed by atoms with van der Waals surface area (Å²) in [5.41, 5.74) is 0. The van der Waals surface area contributed by atoms with Gasteiger partial charge in [-0.25, -0.2) is 29.3 Å². The topological polar surface area (TPSA) is 103 Å². The molecule has 1 heterocycles. The molecule has 5 atom stereocenters. The number of ether oxygens (including phenoxy) is 3. The Morgan fingerprint density at radius 1 is 1.00 bits per heavy atom. The van der Waals surface area contributed by atoms with Crippen LogP contribution in [-0.4, -0.2) is 83.1 Å². The summed E-state index contributed by atoms with van der Waals surface area (Å²) in [6.07, 6.45) is -3.58. The summed E-state index contributed by atoms with van der Waals surface area (Å²) < 4.78 is 17.1. The van der Waals surface area contributed by atoms with Gasteiger partial charge < -0.3 is 19.3 Å². The molecule has 1 rings (SSSR count). The molecule has 1 saturated heterocycles. The van der Waals surface area contributed by atoms with E-state index in [4.69, 9.17) is 38.6 Å². The minimum absolute atomic E-state index is 0.0280. The van der Waals surface area contributed by atoms with Gasteiger partial charge in [0.2, 0.25) is 0 Å². The predicted octanol–water partition coefficient (Wildman–Crippen LogP) is -0.0150. The van der Waals surface area contributed by atoms with Crippen LogP contribution in [0.4, 0.5) is 0 Å². The van der Waals surface area contributed by atoms with Crippen molar-refractivity contribution in [3.8, 4) is 0 Å². The van der Waals surface area contributed by atoms with Crippen LogP contribution in [0.15, 0.2) is 0 Å². The lowest BCUT2D eigenvalue weighted by atomic mass is 9.97. The maximum Gasteiger partial charge on any atom is 0.164 e. The van der Waals surface area contributed by atoms with E-state index in [2.05, 4.69) is 4.89 Å². The van der Waals surface area contributed by atoms with Gasteiger partial charge in [0.25, 0.3) is 0 Å². The van der Waals surface area contributed by atoms with Crippen LogP contribution in [0.1, 0.15) is 13.8 Å². The summed E-state index contributed by atoms with van der Waals surface area (Å²) in [5, 5.41) is 9.60. The fourth-order valence-electron chi connectivity index (χ4n) is 2.62. The molecule has 0 aromatic rings. The molecular weight excluding hydrogens is 328 g/mol. The number of aliphatic hydroxyl groups excluding tert-OH is 1. The normalized spacial score (nSPS) is 29.4. The fraction of sp³-hybridized carbons (Fsp3) is 1.00. The summed E-state index contributed by atoms with van der Waals surface area (Å²) >= 11 is 0. The highest BCUT2D eigenvalue weighted by molar-refractivity contribution is 4.93. The Kier molecular flexibility index (Phi) is 9.52. The van der Waals surface area contributed by atoms with Crippen molar-refractivity contribution in [1.29, 1.82) is 0 Å². The quantitative estimate of drug-likeness (QED) is 0.401. The zero-order valence-electron chi connectivity index (χ0n) is 14.9. The molecule has 144 valence electrons. The van der Waals surface area contributed by atoms with Crippen molar-refractivity contribution in [3.05, 3.63) is 0 Å². The smallest absolute Gasteiger partial charge is 0.164 e. The van der Waals surface area contributed by atoms with Gasteiger partial charge in [-0.3, -0.25) is 0 Å². The predicted molar refractivity (Wildman–Crippen MR) is 78.4 cm³/mol. The van der Waals surface area contributed by atoms with Gasteiger partial charge in [-0.2, -0.15) is 0 Å². The van der Waals surface area contributed by atoms with E-state index in [0.29, 0.717) is 0 Å². The van der Waals surface area contributed by atoms with Crippen LogP contribution >= 0.6 is 0 Å². The first kappa shape index (κ1) is 21.6. The maximum atomic E-state index is 9.60. The zero-order valence-corrected chi connectivity index (χ0v) is 14.9. The van der Waals surface area contributed by atoms with Gasteiger partial charge >= 0.3 is 0 Å². The third-order valence-corrected chi connectivity index (χ3v) is 3.46. The van der Waals surface area contributed by atoms with Gasteiger partial charge in [0.1, 0.15) is 24.9 Å². The van der Waals surface area contributed by atoms with Crippen molar-refractivity contribution in [2.45, 2.75) is 50.2 Å². The Morgan fingerprint density at radius 3 is 2.17 bits per heavy atom. The molecule has 0 unspecified atom stereocenters. The molecule has 0 aromatic heterocycles. The molecule has 1 aliphatic heterocycles. The first-order valence-electron chi connectivity index (χ1n) is 7.47. The summed E-state index contributed by atoms with van der Waals surface area (Å²) in [5.74, 6) is -0.984. The number of rotatable bonds is 11. The van der Waals surface area contributed by atoms with E-state index >= 15 is 0 Å². The maximum absolute atomic E-state index is 9.60. The monoisotopic (exact) mass is 356 g/mol. The van der Waals surface area contributed by atoms with E-state index in [1.165, 1.54) is 28.4 Å². The molecule has 0 spiro atoms. The molecule has 0 bridgehead atoms. The molecule has 10 heteroatoms. The van der Waals surface area contributed by atoms with E-state index in [1.807, 2.05) is 0 Å². The number of methoxy groups -OCH3 is 1. The van der Waals surface area contributed by atoms with Crippen LogP contribution in [0.5, 0.6) is 0 Å². The molecule has 0 aliphatic carbocycles. The van der Waals surface area contributed by atoms with Crippen LogP contribution < -0.4 is 0 Å². The molecule has 24 heavy (non-hydrogen) atoms. The largest absolute Gasteiger partial charge is 0.394 e. The lowest BCUT2D eigenvalue weighted by Gasteiger charge is -2.47. The summed E-state index contributed by atoms with van der Waals surface area (Å²) in [4.78, 5) is 29.6. The average molecular weight is 356 g/mol. The Bertz CT molecular complexity index is 340. The van der Waals surface area contributed by atoms with Gasteiger partial charge in [0.15, 0.2) is 18.0 Å². The van der Waals surface area contributed by atoms with Gasteiger partial charge in [0.05, 0.1) is 27.9 Å². The number of hydrogen-bond donors (Lipinski definition) is 1. The SMILES string of the molecule is COOC[C@H](OOC)[C@H](OOC)[C@@H]1OC(C)(C)O[C@H](CO)[C@H]1OC. The highest BCUT2D eigenvalue weighted by Crippen LogP contribution is 2.32. The van der Waals surface area contributed by atoms with E-state index < -0.39 is 36.3 Å². The van der Waals surface area contributed by atoms with Gasteiger partial charge in [-0.1, -0.05) is 0 Å². The average Bonchev–Trinajstić information content (AvgIpc) is 2.55. The lowest BCUT2D eigenvalue weighted by molar-refractivity contribution is -0.432. The minimum atomic E-state index is -0.984. The van der Waals surface area contributed by atoms with E-state index in [1.54, 1.807) is 13.8 Å². The van der Waals surface area contributed by atoms with E-state index in [9.17, 15) is 5.11 Å². The Hall–Kier alpha value is -0.400. The Morgan fingerprint density at radius 2 is 1.67 bits per heavy atom. The van der Waals surface area contributed by atoms with Crippen LogP contribution in [0.25, 0.3) is 0 Å². The van der Waals surface area contributed by atoms with Crippen LogP contribution in [0.2, 0.25) is 0 Å². The number of aliphatic hydroxyl groups is 1. The molecular formula is C14H28O10. The van der Waals surface area contributed by atoms with Crippen molar-refractivity contribution < 1.29 is 48.6 Å². The summed E-state index contributed by atoms with van der Waals surface area (Å²) in [6.45, 7) is 3.15. The van der Waals surface area contributed by atoms with Crippen molar-refractivity contribution >= 4 is 0 Å². The lowest BCUT2D eigenvalue weighted by Crippen LogP contribution is -2.62. The molecule has 1 N–H and O–H groups in total. The standard InChI is InChI=1S/C14H28O10/c1-14(2)21-9(7-15)11(16-3)13(22-14)12(24-19-6)10(23-18-5)8-20-17-4/h9-13,15H,7-8H2,1-6H3/t9-,10+,11-,12+,13-/m1/s1. The second-order valence-corrected chi connectivity index (χ2v) is 5.50. The Balaban J connectivity index is 3.06. The van der Waals surface area contributed by atoms with Gasteiger partial charge in [-0.05, 0) is 13.8 Å². The third-order valence-electron chi connectivity index (χ3n) is 3.46. The first-order chi connectivity index (χ1) is 11.4. The minimum Gasteiger partial charge on any atom is -0.394 e. The first-order valence-corrected chi connectivity index (χ1v) is 7.47. The van der Waals surface area contributed by atoms with Gasteiger partial charge in [0, 0.05) is 7.11 Å².